The van der Waals surface area contributed by atoms with Gasteiger partial charge in [0.1, 0.15) is 6.54 Å². The highest BCUT2D eigenvalue weighted by molar-refractivity contribution is 7.92. The lowest BCUT2D eigenvalue weighted by molar-refractivity contribution is -0.120. The number of nitrogens with one attached hydrogen (secondary N) is 1. The summed E-state index contributed by atoms with van der Waals surface area (Å²) in [6.07, 6.45) is 7.41. The Morgan fingerprint density at radius 1 is 1.03 bits per heavy atom. The van der Waals surface area contributed by atoms with Crippen LogP contribution >= 0.6 is 0 Å². The second-order valence-electron chi connectivity index (χ2n) is 8.05. The Hall–Kier alpha value is -2.34. The first-order valence-electron chi connectivity index (χ1n) is 10.8. The predicted octanol–water partition coefficient (Wildman–Crippen LogP) is 4.16. The second kappa shape index (κ2) is 9.65. The molecule has 0 unspecified atom stereocenters. The van der Waals surface area contributed by atoms with Crippen molar-refractivity contribution < 1.29 is 13.2 Å². The van der Waals surface area contributed by atoms with Crippen LogP contribution in [0, 0.1) is 0 Å². The first-order chi connectivity index (χ1) is 14.3. The number of sulfonamides is 1. The number of benzene rings is 2. The SMILES string of the molecule is CCc1ccc(N(CC(=O)N[C@H](CC)c2ccc3c(c2)CCCC3)S(C)(=O)=O)cc1. The summed E-state index contributed by atoms with van der Waals surface area (Å²) in [4.78, 5) is 12.8. The van der Waals surface area contributed by atoms with Gasteiger partial charge >= 0.3 is 0 Å². The third kappa shape index (κ3) is 5.42. The third-order valence-corrected chi connectivity index (χ3v) is 6.98. The fourth-order valence-electron chi connectivity index (χ4n) is 4.06. The molecule has 2 aromatic rings. The van der Waals surface area contributed by atoms with Crippen LogP contribution in [0.5, 0.6) is 0 Å². The van der Waals surface area contributed by atoms with Crippen LogP contribution in [0.1, 0.15) is 61.4 Å². The lowest BCUT2D eigenvalue weighted by Crippen LogP contribution is -2.41. The number of nitrogens with zero attached hydrogens (tertiary/aromatic N) is 1. The van der Waals surface area contributed by atoms with Crippen molar-refractivity contribution >= 4 is 21.6 Å². The van der Waals surface area contributed by atoms with Gasteiger partial charge in [-0.15, -0.1) is 0 Å². The number of aryl methyl sites for hydroxylation is 3. The number of anilines is 1. The lowest BCUT2D eigenvalue weighted by Gasteiger charge is -2.25. The second-order valence-corrected chi connectivity index (χ2v) is 9.96. The van der Waals surface area contributed by atoms with Crippen molar-refractivity contribution in [2.24, 2.45) is 0 Å². The van der Waals surface area contributed by atoms with Crippen LogP contribution in [0.25, 0.3) is 0 Å². The van der Waals surface area contributed by atoms with Crippen molar-refractivity contribution in [1.82, 2.24) is 5.32 Å². The van der Waals surface area contributed by atoms with Gasteiger partial charge < -0.3 is 5.32 Å². The van der Waals surface area contributed by atoms with Crippen molar-refractivity contribution in [1.29, 1.82) is 0 Å². The summed E-state index contributed by atoms with van der Waals surface area (Å²) in [6.45, 7) is 3.84. The molecule has 0 aromatic heterocycles. The van der Waals surface area contributed by atoms with E-state index in [4.69, 9.17) is 0 Å². The molecule has 6 heteroatoms. The molecule has 0 fully saturated rings. The van der Waals surface area contributed by atoms with E-state index in [0.717, 1.165) is 43.1 Å². The molecule has 3 rings (SSSR count). The molecule has 1 aliphatic carbocycles. The van der Waals surface area contributed by atoms with Gasteiger partial charge in [-0.2, -0.15) is 0 Å². The van der Waals surface area contributed by atoms with Crippen LogP contribution in [-0.2, 0) is 34.1 Å². The standard InChI is InChI=1S/C24H32N2O3S/c1-4-18-10-14-22(15-11-18)26(30(3,28)29)17-24(27)25-23(5-2)21-13-12-19-8-6-7-9-20(19)16-21/h10-16,23H,4-9,17H2,1-3H3,(H,25,27)/t23-/m1/s1. The molecule has 2 aromatic carbocycles. The molecular formula is C24H32N2O3S. The highest BCUT2D eigenvalue weighted by Gasteiger charge is 2.23. The first kappa shape index (κ1) is 22.3. The Labute approximate surface area is 180 Å². The Morgan fingerprint density at radius 2 is 1.70 bits per heavy atom. The summed E-state index contributed by atoms with van der Waals surface area (Å²) in [5, 5.41) is 3.04. The molecule has 0 radical (unpaired) electrons. The Balaban J connectivity index is 1.75. The number of rotatable bonds is 8. The van der Waals surface area contributed by atoms with Gasteiger partial charge in [0.05, 0.1) is 18.0 Å². The van der Waals surface area contributed by atoms with E-state index in [1.165, 1.54) is 28.3 Å². The van der Waals surface area contributed by atoms with Crippen molar-refractivity contribution in [3.05, 3.63) is 64.7 Å². The van der Waals surface area contributed by atoms with Gasteiger partial charge in [0, 0.05) is 0 Å². The fourth-order valence-corrected chi connectivity index (χ4v) is 4.92. The maximum Gasteiger partial charge on any atom is 0.241 e. The highest BCUT2D eigenvalue weighted by atomic mass is 32.2. The number of fused-ring (bicyclic) bond motifs is 1. The monoisotopic (exact) mass is 428 g/mol. The Bertz CT molecular complexity index is 984. The molecule has 30 heavy (non-hydrogen) atoms. The van der Waals surface area contributed by atoms with Crippen molar-refractivity contribution in [3.63, 3.8) is 0 Å². The van der Waals surface area contributed by atoms with E-state index in [1.54, 1.807) is 12.1 Å². The number of hydrogen-bond acceptors (Lipinski definition) is 3. The normalized spacial score (nSPS) is 14.6. The minimum atomic E-state index is -3.58. The largest absolute Gasteiger partial charge is 0.348 e. The molecule has 5 nitrogen and oxygen atoms in total. The predicted molar refractivity (Wildman–Crippen MR) is 122 cm³/mol. The summed E-state index contributed by atoms with van der Waals surface area (Å²) in [6, 6.07) is 13.7. The molecule has 0 saturated carbocycles. The molecule has 0 aliphatic heterocycles. The summed E-state index contributed by atoms with van der Waals surface area (Å²) in [5.74, 6) is -0.301. The first-order valence-corrected chi connectivity index (χ1v) is 12.6. The van der Waals surface area contributed by atoms with Crippen LogP contribution < -0.4 is 9.62 Å². The zero-order valence-corrected chi connectivity index (χ0v) is 19.0. The minimum Gasteiger partial charge on any atom is -0.348 e. The van der Waals surface area contributed by atoms with Gasteiger partial charge in [-0.3, -0.25) is 9.10 Å². The van der Waals surface area contributed by atoms with Crippen LogP contribution in [0.3, 0.4) is 0 Å². The van der Waals surface area contributed by atoms with E-state index >= 15 is 0 Å². The van der Waals surface area contributed by atoms with Crippen LogP contribution in [0.2, 0.25) is 0 Å². The minimum absolute atomic E-state index is 0.131. The van der Waals surface area contributed by atoms with Crippen LogP contribution in [0.15, 0.2) is 42.5 Å². The third-order valence-electron chi connectivity index (χ3n) is 5.84. The van der Waals surface area contributed by atoms with Gasteiger partial charge in [0.15, 0.2) is 0 Å². The summed E-state index contributed by atoms with van der Waals surface area (Å²) >= 11 is 0. The zero-order valence-electron chi connectivity index (χ0n) is 18.1. The van der Waals surface area contributed by atoms with Gasteiger partial charge in [0.25, 0.3) is 0 Å². The molecular weight excluding hydrogens is 396 g/mol. The average Bonchev–Trinajstić information content (AvgIpc) is 2.75. The van der Waals surface area contributed by atoms with Crippen molar-refractivity contribution in [3.8, 4) is 0 Å². The summed E-state index contributed by atoms with van der Waals surface area (Å²) < 4.78 is 25.9. The van der Waals surface area contributed by atoms with E-state index in [1.807, 2.05) is 26.0 Å². The van der Waals surface area contributed by atoms with E-state index in [0.29, 0.717) is 5.69 Å². The summed E-state index contributed by atoms with van der Waals surface area (Å²) in [7, 11) is -3.58. The molecule has 0 heterocycles. The number of carbonyl (C=O) groups is 1. The Morgan fingerprint density at radius 3 is 2.30 bits per heavy atom. The quantitative estimate of drug-likeness (QED) is 0.686. The molecule has 1 aliphatic rings. The molecule has 1 atom stereocenters. The summed E-state index contributed by atoms with van der Waals surface area (Å²) in [5.41, 5.74) is 5.50. The van der Waals surface area contributed by atoms with E-state index in [2.05, 4.69) is 23.5 Å². The average molecular weight is 429 g/mol. The smallest absolute Gasteiger partial charge is 0.241 e. The number of amides is 1. The van der Waals surface area contributed by atoms with E-state index < -0.39 is 10.0 Å². The maximum atomic E-state index is 12.8. The van der Waals surface area contributed by atoms with Gasteiger partial charge in [-0.05, 0) is 72.9 Å². The molecule has 1 amide bonds. The number of carbonyl (C=O) groups excluding carboxylic acids is 1. The topological polar surface area (TPSA) is 66.5 Å². The van der Waals surface area contributed by atoms with Crippen LogP contribution in [0.4, 0.5) is 5.69 Å². The van der Waals surface area contributed by atoms with E-state index in [-0.39, 0.29) is 18.5 Å². The fraction of sp³-hybridized carbons (Fsp3) is 0.458. The van der Waals surface area contributed by atoms with E-state index in [9.17, 15) is 13.2 Å². The lowest BCUT2D eigenvalue weighted by atomic mass is 9.89. The van der Waals surface area contributed by atoms with Gasteiger partial charge in [0.2, 0.25) is 15.9 Å². The molecule has 0 bridgehead atoms. The van der Waals surface area contributed by atoms with Gasteiger partial charge in [-0.1, -0.05) is 44.2 Å². The highest BCUT2D eigenvalue weighted by Crippen LogP contribution is 2.26. The maximum absolute atomic E-state index is 12.8. The molecule has 0 spiro atoms. The molecule has 0 saturated heterocycles. The van der Waals surface area contributed by atoms with Crippen LogP contribution in [-0.4, -0.2) is 27.1 Å². The van der Waals surface area contributed by atoms with Crippen molar-refractivity contribution in [2.45, 2.75) is 58.4 Å². The van der Waals surface area contributed by atoms with Crippen molar-refractivity contribution in [2.75, 3.05) is 17.1 Å². The number of hydrogen-bond donors (Lipinski definition) is 1. The molecule has 1 N–H and O–H groups in total. The Kier molecular flexibility index (Phi) is 7.19. The zero-order chi connectivity index (χ0) is 21.7. The molecule has 162 valence electrons. The van der Waals surface area contributed by atoms with Gasteiger partial charge in [-0.25, -0.2) is 8.42 Å².